The second kappa shape index (κ2) is 6.38. The maximum atomic E-state index is 2.76. The summed E-state index contributed by atoms with van der Waals surface area (Å²) in [5.41, 5.74) is 1.48. The van der Waals surface area contributed by atoms with Crippen LogP contribution in [0.4, 0.5) is 0 Å². The summed E-state index contributed by atoms with van der Waals surface area (Å²) in [5, 5.41) is 2.23. The summed E-state index contributed by atoms with van der Waals surface area (Å²) in [4.78, 5) is 6.98. The van der Waals surface area contributed by atoms with Crippen molar-refractivity contribution in [1.82, 2.24) is 9.80 Å². The van der Waals surface area contributed by atoms with Gasteiger partial charge in [-0.3, -0.25) is 4.90 Å². The minimum atomic E-state index is 0.876. The summed E-state index contributed by atoms with van der Waals surface area (Å²) in [6.07, 6.45) is 7.06. The van der Waals surface area contributed by atoms with Crippen LogP contribution < -0.4 is 0 Å². The van der Waals surface area contributed by atoms with E-state index < -0.39 is 0 Å². The molecule has 0 atom stereocenters. The number of likely N-dealkylation sites (tertiary alicyclic amines) is 2. The Hall–Kier alpha value is -0.380. The topological polar surface area (TPSA) is 6.48 Å². The third kappa shape index (κ3) is 3.39. The van der Waals surface area contributed by atoms with Gasteiger partial charge in [-0.25, -0.2) is 0 Å². The van der Waals surface area contributed by atoms with Gasteiger partial charge in [0.05, 0.1) is 0 Å². The van der Waals surface area contributed by atoms with Gasteiger partial charge in [0.15, 0.2) is 0 Å². The first-order valence-electron chi connectivity index (χ1n) is 7.82. The van der Waals surface area contributed by atoms with Gasteiger partial charge in [0.2, 0.25) is 0 Å². The Morgan fingerprint density at radius 2 is 1.84 bits per heavy atom. The first kappa shape index (κ1) is 13.6. The van der Waals surface area contributed by atoms with Crippen LogP contribution in [-0.2, 0) is 6.54 Å². The molecule has 3 heteroatoms. The molecule has 106 valence electrons. The van der Waals surface area contributed by atoms with Crippen molar-refractivity contribution in [2.24, 2.45) is 0 Å². The molecule has 2 aliphatic heterocycles. The van der Waals surface area contributed by atoms with E-state index in [1.54, 1.807) is 4.88 Å². The maximum absolute atomic E-state index is 2.76. The Morgan fingerprint density at radius 3 is 2.47 bits per heavy atom. The standard InChI is InChI=1S/C16H26N2S/c1-14-7-12-19-16(14)13-17-10-5-15(6-11-17)18-8-3-2-4-9-18/h7,12,15H,2-6,8-11,13H2,1H3. The summed E-state index contributed by atoms with van der Waals surface area (Å²) in [6, 6.07) is 3.13. The van der Waals surface area contributed by atoms with Gasteiger partial charge in [-0.2, -0.15) is 0 Å². The van der Waals surface area contributed by atoms with Crippen molar-refractivity contribution in [3.8, 4) is 0 Å². The Balaban J connectivity index is 1.48. The molecule has 0 spiro atoms. The molecule has 2 fully saturated rings. The van der Waals surface area contributed by atoms with Crippen molar-refractivity contribution in [2.75, 3.05) is 26.2 Å². The molecule has 0 N–H and O–H groups in total. The SMILES string of the molecule is Cc1ccsc1CN1CCC(N2CCCCC2)CC1. The second-order valence-electron chi connectivity index (χ2n) is 6.13. The minimum Gasteiger partial charge on any atom is -0.300 e. The minimum absolute atomic E-state index is 0.876. The number of piperidine rings is 2. The highest BCUT2D eigenvalue weighted by molar-refractivity contribution is 7.10. The molecule has 0 unspecified atom stereocenters. The maximum Gasteiger partial charge on any atom is 0.0330 e. The Labute approximate surface area is 121 Å². The number of hydrogen-bond acceptors (Lipinski definition) is 3. The summed E-state index contributed by atoms with van der Waals surface area (Å²) in [7, 11) is 0. The Kier molecular flexibility index (Phi) is 4.57. The largest absolute Gasteiger partial charge is 0.300 e. The van der Waals surface area contributed by atoms with Crippen LogP contribution >= 0.6 is 11.3 Å². The molecule has 19 heavy (non-hydrogen) atoms. The molecule has 2 aliphatic rings. The zero-order valence-electron chi connectivity index (χ0n) is 12.1. The predicted molar refractivity (Wildman–Crippen MR) is 82.8 cm³/mol. The first-order chi connectivity index (χ1) is 9.33. The predicted octanol–water partition coefficient (Wildman–Crippen LogP) is 3.51. The van der Waals surface area contributed by atoms with Gasteiger partial charge >= 0.3 is 0 Å². The second-order valence-corrected chi connectivity index (χ2v) is 7.13. The van der Waals surface area contributed by atoms with Gasteiger partial charge in [-0.15, -0.1) is 11.3 Å². The fraction of sp³-hybridized carbons (Fsp3) is 0.750. The van der Waals surface area contributed by atoms with Gasteiger partial charge in [-0.05, 0) is 62.7 Å². The lowest BCUT2D eigenvalue weighted by molar-refractivity contribution is 0.0900. The van der Waals surface area contributed by atoms with Crippen molar-refractivity contribution in [3.05, 3.63) is 21.9 Å². The number of thiophene rings is 1. The van der Waals surface area contributed by atoms with E-state index in [4.69, 9.17) is 0 Å². The smallest absolute Gasteiger partial charge is 0.0330 e. The molecule has 0 radical (unpaired) electrons. The normalized spacial score (nSPS) is 23.8. The molecule has 0 amide bonds. The van der Waals surface area contributed by atoms with Crippen molar-refractivity contribution in [1.29, 1.82) is 0 Å². The van der Waals surface area contributed by atoms with Gasteiger partial charge in [0.25, 0.3) is 0 Å². The molecule has 0 aliphatic carbocycles. The molecule has 2 nitrogen and oxygen atoms in total. The molecule has 0 bridgehead atoms. The van der Waals surface area contributed by atoms with Gasteiger partial charge in [0, 0.05) is 30.6 Å². The number of hydrogen-bond donors (Lipinski definition) is 0. The number of rotatable bonds is 3. The lowest BCUT2D eigenvalue weighted by atomic mass is 10.00. The quantitative estimate of drug-likeness (QED) is 0.835. The van der Waals surface area contributed by atoms with E-state index in [1.165, 1.54) is 70.4 Å². The molecule has 0 saturated carbocycles. The summed E-state index contributed by atoms with van der Waals surface area (Å²) >= 11 is 1.92. The molecule has 1 aromatic rings. The van der Waals surface area contributed by atoms with Gasteiger partial charge in [-0.1, -0.05) is 6.42 Å². The van der Waals surface area contributed by atoms with Crippen LogP contribution in [0.25, 0.3) is 0 Å². The number of nitrogens with zero attached hydrogens (tertiary/aromatic N) is 2. The van der Waals surface area contributed by atoms with Crippen LogP contribution in [0.1, 0.15) is 42.5 Å². The molecule has 1 aromatic heterocycles. The highest BCUT2D eigenvalue weighted by atomic mass is 32.1. The average molecular weight is 278 g/mol. The first-order valence-corrected chi connectivity index (χ1v) is 8.70. The van der Waals surface area contributed by atoms with Gasteiger partial charge < -0.3 is 4.90 Å². The van der Waals surface area contributed by atoms with E-state index in [1.807, 2.05) is 11.3 Å². The van der Waals surface area contributed by atoms with E-state index in [2.05, 4.69) is 28.2 Å². The van der Waals surface area contributed by atoms with E-state index in [0.717, 1.165) is 6.04 Å². The number of aryl methyl sites for hydroxylation is 1. The van der Waals surface area contributed by atoms with Crippen molar-refractivity contribution < 1.29 is 0 Å². The van der Waals surface area contributed by atoms with Crippen molar-refractivity contribution in [3.63, 3.8) is 0 Å². The summed E-state index contributed by atoms with van der Waals surface area (Å²) in [6.45, 7) is 8.71. The van der Waals surface area contributed by atoms with Gasteiger partial charge in [0.1, 0.15) is 0 Å². The monoisotopic (exact) mass is 278 g/mol. The third-order valence-corrected chi connectivity index (χ3v) is 5.81. The molecular formula is C16H26N2S. The molecular weight excluding hydrogens is 252 g/mol. The summed E-state index contributed by atoms with van der Waals surface area (Å²) < 4.78 is 0. The molecule has 3 rings (SSSR count). The highest BCUT2D eigenvalue weighted by Crippen LogP contribution is 2.24. The Morgan fingerprint density at radius 1 is 1.11 bits per heavy atom. The van der Waals surface area contributed by atoms with Crippen LogP contribution in [-0.4, -0.2) is 42.0 Å². The molecule has 0 aromatic carbocycles. The molecule has 3 heterocycles. The molecule has 2 saturated heterocycles. The van der Waals surface area contributed by atoms with Crippen LogP contribution in [0.15, 0.2) is 11.4 Å². The zero-order valence-corrected chi connectivity index (χ0v) is 12.9. The van der Waals surface area contributed by atoms with Crippen molar-refractivity contribution in [2.45, 2.75) is 51.6 Å². The van der Waals surface area contributed by atoms with E-state index in [9.17, 15) is 0 Å². The van der Waals surface area contributed by atoms with E-state index in [-0.39, 0.29) is 0 Å². The zero-order chi connectivity index (χ0) is 13.1. The average Bonchev–Trinajstić information content (AvgIpc) is 2.86. The fourth-order valence-electron chi connectivity index (χ4n) is 3.50. The third-order valence-electron chi connectivity index (χ3n) is 4.80. The van der Waals surface area contributed by atoms with Crippen LogP contribution in [0.5, 0.6) is 0 Å². The van der Waals surface area contributed by atoms with Crippen molar-refractivity contribution >= 4 is 11.3 Å². The highest BCUT2D eigenvalue weighted by Gasteiger charge is 2.25. The van der Waals surface area contributed by atoms with E-state index >= 15 is 0 Å². The Bertz CT molecular complexity index is 387. The van der Waals surface area contributed by atoms with E-state index in [0.29, 0.717) is 0 Å². The van der Waals surface area contributed by atoms with Crippen LogP contribution in [0.3, 0.4) is 0 Å². The lowest BCUT2D eigenvalue weighted by Gasteiger charge is -2.40. The fourth-order valence-corrected chi connectivity index (χ4v) is 4.44. The van der Waals surface area contributed by atoms with Crippen LogP contribution in [0, 0.1) is 6.92 Å². The lowest BCUT2D eigenvalue weighted by Crippen LogP contribution is -2.46. The summed E-state index contributed by atoms with van der Waals surface area (Å²) in [5.74, 6) is 0. The van der Waals surface area contributed by atoms with Crippen LogP contribution in [0.2, 0.25) is 0 Å².